The van der Waals surface area contributed by atoms with Crippen molar-refractivity contribution < 1.29 is 14.6 Å². The molecule has 2 atom stereocenters. The van der Waals surface area contributed by atoms with Crippen LogP contribution in [0.2, 0.25) is 0 Å². The molecule has 0 saturated carbocycles. The average molecular weight is 275 g/mol. The van der Waals surface area contributed by atoms with Crippen molar-refractivity contribution in [1.82, 2.24) is 5.32 Å². The van der Waals surface area contributed by atoms with Gasteiger partial charge in [0, 0.05) is 18.6 Å². The second kappa shape index (κ2) is 7.10. The van der Waals surface area contributed by atoms with E-state index in [1.165, 1.54) is 0 Å². The summed E-state index contributed by atoms with van der Waals surface area (Å²) in [6, 6.07) is 7.74. The predicted molar refractivity (Wildman–Crippen MR) is 77.6 cm³/mol. The van der Waals surface area contributed by atoms with Gasteiger partial charge in [0.05, 0.1) is 0 Å². The van der Waals surface area contributed by atoms with Crippen molar-refractivity contribution in [3.05, 3.63) is 42.0 Å². The first kappa shape index (κ1) is 14.6. The zero-order chi connectivity index (χ0) is 14.4. The van der Waals surface area contributed by atoms with Gasteiger partial charge in [0.15, 0.2) is 6.61 Å². The first-order chi connectivity index (χ1) is 9.72. The van der Waals surface area contributed by atoms with Gasteiger partial charge in [-0.2, -0.15) is 0 Å². The van der Waals surface area contributed by atoms with Crippen LogP contribution in [-0.4, -0.2) is 30.3 Å². The van der Waals surface area contributed by atoms with Gasteiger partial charge >= 0.3 is 0 Å². The van der Waals surface area contributed by atoms with Crippen LogP contribution in [0.3, 0.4) is 0 Å². The summed E-state index contributed by atoms with van der Waals surface area (Å²) in [5.41, 5.74) is 1.10. The van der Waals surface area contributed by atoms with Gasteiger partial charge in [0.1, 0.15) is 5.75 Å². The van der Waals surface area contributed by atoms with E-state index in [1.54, 1.807) is 0 Å². The van der Waals surface area contributed by atoms with E-state index in [0.717, 1.165) is 24.2 Å². The summed E-state index contributed by atoms with van der Waals surface area (Å²) < 4.78 is 5.57. The number of benzene rings is 1. The average Bonchev–Trinajstić information content (AvgIpc) is 2.93. The molecule has 1 aromatic carbocycles. The molecule has 108 valence electrons. The number of aliphatic hydroxyl groups is 1. The Kier molecular flexibility index (Phi) is 5.18. The molecule has 4 nitrogen and oxygen atoms in total. The van der Waals surface area contributed by atoms with Gasteiger partial charge in [0.2, 0.25) is 0 Å². The summed E-state index contributed by atoms with van der Waals surface area (Å²) in [5, 5.41) is 11.9. The Morgan fingerprint density at radius 3 is 2.90 bits per heavy atom. The highest BCUT2D eigenvalue weighted by Gasteiger charge is 2.19. The smallest absolute Gasteiger partial charge is 0.258 e. The fourth-order valence-electron chi connectivity index (χ4n) is 2.35. The second-order valence-corrected chi connectivity index (χ2v) is 4.99. The molecule has 0 aliphatic heterocycles. The number of amides is 1. The molecule has 0 unspecified atom stereocenters. The Balaban J connectivity index is 1.79. The van der Waals surface area contributed by atoms with Gasteiger partial charge in [-0.3, -0.25) is 4.79 Å². The number of aryl methyl sites for hydroxylation is 1. The molecular formula is C16H21NO3. The third-order valence-electron chi connectivity index (χ3n) is 3.47. The Labute approximate surface area is 119 Å². The van der Waals surface area contributed by atoms with Crippen molar-refractivity contribution in [3.8, 4) is 5.75 Å². The number of hydrogen-bond acceptors (Lipinski definition) is 3. The summed E-state index contributed by atoms with van der Waals surface area (Å²) in [6.45, 7) is 2.20. The largest absolute Gasteiger partial charge is 0.483 e. The molecule has 1 aromatic rings. The second-order valence-electron chi connectivity index (χ2n) is 4.99. The topological polar surface area (TPSA) is 58.6 Å². The standard InChI is InChI=1S/C16H21NO3/c1-2-13-5-3-4-6-15(13)20-11-16(19)17-14-8-7-12(9-14)10-18/h3-8,12,14,18H,2,9-11H2,1H3,(H,17,19)/t12-,14+/m0/s1. The van der Waals surface area contributed by atoms with E-state index in [4.69, 9.17) is 9.84 Å². The van der Waals surface area contributed by atoms with E-state index in [9.17, 15) is 4.79 Å². The van der Waals surface area contributed by atoms with Crippen LogP contribution in [0.5, 0.6) is 5.75 Å². The third kappa shape index (κ3) is 3.84. The van der Waals surface area contributed by atoms with Crippen LogP contribution >= 0.6 is 0 Å². The van der Waals surface area contributed by atoms with Crippen LogP contribution in [0, 0.1) is 5.92 Å². The minimum Gasteiger partial charge on any atom is -0.483 e. The molecule has 0 bridgehead atoms. The van der Waals surface area contributed by atoms with Crippen LogP contribution in [0.1, 0.15) is 18.9 Å². The van der Waals surface area contributed by atoms with E-state index in [2.05, 4.69) is 12.2 Å². The number of carbonyl (C=O) groups is 1. The maximum absolute atomic E-state index is 11.8. The van der Waals surface area contributed by atoms with E-state index in [-0.39, 0.29) is 31.1 Å². The lowest BCUT2D eigenvalue weighted by Gasteiger charge is -2.14. The first-order valence-electron chi connectivity index (χ1n) is 7.02. The van der Waals surface area contributed by atoms with Gasteiger partial charge in [-0.1, -0.05) is 37.3 Å². The van der Waals surface area contributed by atoms with Crippen molar-refractivity contribution in [2.24, 2.45) is 5.92 Å². The molecular weight excluding hydrogens is 254 g/mol. The number of carbonyl (C=O) groups excluding carboxylic acids is 1. The molecule has 1 aliphatic rings. The van der Waals surface area contributed by atoms with Gasteiger partial charge in [0.25, 0.3) is 5.91 Å². The molecule has 0 fully saturated rings. The lowest BCUT2D eigenvalue weighted by Crippen LogP contribution is -2.36. The summed E-state index contributed by atoms with van der Waals surface area (Å²) in [7, 11) is 0. The van der Waals surface area contributed by atoms with Crippen molar-refractivity contribution in [2.75, 3.05) is 13.2 Å². The predicted octanol–water partition coefficient (Wildman–Crippen LogP) is 1.68. The molecule has 1 amide bonds. The van der Waals surface area contributed by atoms with E-state index in [0.29, 0.717) is 0 Å². The SMILES string of the molecule is CCc1ccccc1OCC(=O)N[C@@H]1C=C[C@H](CO)C1. The lowest BCUT2D eigenvalue weighted by atomic mass is 10.1. The molecule has 0 saturated heterocycles. The highest BCUT2D eigenvalue weighted by atomic mass is 16.5. The van der Waals surface area contributed by atoms with Gasteiger partial charge in [-0.25, -0.2) is 0 Å². The molecule has 20 heavy (non-hydrogen) atoms. The monoisotopic (exact) mass is 275 g/mol. The number of nitrogens with one attached hydrogen (secondary N) is 1. The quantitative estimate of drug-likeness (QED) is 0.777. The molecule has 1 aliphatic carbocycles. The zero-order valence-electron chi connectivity index (χ0n) is 11.7. The maximum Gasteiger partial charge on any atom is 0.258 e. The summed E-state index contributed by atoms with van der Waals surface area (Å²) in [5.74, 6) is 0.784. The van der Waals surface area contributed by atoms with Crippen LogP contribution in [0.25, 0.3) is 0 Å². The summed E-state index contributed by atoms with van der Waals surface area (Å²) >= 11 is 0. The molecule has 0 aromatic heterocycles. The van der Waals surface area contributed by atoms with Crippen LogP contribution in [-0.2, 0) is 11.2 Å². The van der Waals surface area contributed by atoms with Gasteiger partial charge in [-0.15, -0.1) is 0 Å². The molecule has 2 rings (SSSR count). The van der Waals surface area contributed by atoms with Gasteiger partial charge < -0.3 is 15.2 Å². The fourth-order valence-corrected chi connectivity index (χ4v) is 2.35. The minimum absolute atomic E-state index is 0.00432. The normalized spacial score (nSPS) is 20.9. The van der Waals surface area contributed by atoms with E-state index < -0.39 is 0 Å². The fraction of sp³-hybridized carbons (Fsp3) is 0.438. The van der Waals surface area contributed by atoms with Crippen molar-refractivity contribution in [2.45, 2.75) is 25.8 Å². The molecule has 0 radical (unpaired) electrons. The summed E-state index contributed by atoms with van der Waals surface area (Å²) in [6.07, 6.45) is 5.51. The zero-order valence-corrected chi connectivity index (χ0v) is 11.7. The lowest BCUT2D eigenvalue weighted by molar-refractivity contribution is -0.123. The Hall–Kier alpha value is -1.81. The molecule has 0 spiro atoms. The van der Waals surface area contributed by atoms with Crippen LogP contribution in [0.15, 0.2) is 36.4 Å². The highest BCUT2D eigenvalue weighted by molar-refractivity contribution is 5.78. The molecule has 2 N–H and O–H groups in total. The first-order valence-corrected chi connectivity index (χ1v) is 7.02. The number of rotatable bonds is 6. The van der Waals surface area contributed by atoms with Gasteiger partial charge in [-0.05, 0) is 24.5 Å². The maximum atomic E-state index is 11.8. The van der Waals surface area contributed by atoms with Crippen molar-refractivity contribution >= 4 is 5.91 Å². The molecule has 4 heteroatoms. The Morgan fingerprint density at radius 2 is 2.20 bits per heavy atom. The number of aliphatic hydroxyl groups excluding tert-OH is 1. The summed E-state index contributed by atoms with van der Waals surface area (Å²) in [4.78, 5) is 11.8. The van der Waals surface area contributed by atoms with Crippen molar-refractivity contribution in [3.63, 3.8) is 0 Å². The highest BCUT2D eigenvalue weighted by Crippen LogP contribution is 2.19. The Bertz CT molecular complexity index is 484. The van der Waals surface area contributed by atoms with Crippen LogP contribution in [0.4, 0.5) is 0 Å². The minimum atomic E-state index is -0.135. The van der Waals surface area contributed by atoms with E-state index >= 15 is 0 Å². The number of para-hydroxylation sites is 1. The third-order valence-corrected chi connectivity index (χ3v) is 3.47. The van der Waals surface area contributed by atoms with Crippen LogP contribution < -0.4 is 10.1 Å². The number of ether oxygens (including phenoxy) is 1. The number of hydrogen-bond donors (Lipinski definition) is 2. The van der Waals surface area contributed by atoms with E-state index in [1.807, 2.05) is 36.4 Å². The van der Waals surface area contributed by atoms with Crippen molar-refractivity contribution in [1.29, 1.82) is 0 Å². The Morgan fingerprint density at radius 1 is 1.40 bits per heavy atom. The molecule has 0 heterocycles.